The second-order valence-electron chi connectivity index (χ2n) is 5.95. The van der Waals surface area contributed by atoms with Crippen molar-refractivity contribution in [2.75, 3.05) is 45.9 Å². The van der Waals surface area contributed by atoms with Crippen LogP contribution in [0.4, 0.5) is 0 Å². The highest BCUT2D eigenvalue weighted by atomic mass is 16.5. The minimum Gasteiger partial charge on any atom is -0.374 e. The first-order valence-electron chi connectivity index (χ1n) is 6.95. The Morgan fingerprint density at radius 3 is 2.71 bits per heavy atom. The van der Waals surface area contributed by atoms with Crippen molar-refractivity contribution in [2.24, 2.45) is 11.7 Å². The molecule has 0 aromatic carbocycles. The van der Waals surface area contributed by atoms with E-state index in [0.29, 0.717) is 12.1 Å². The summed E-state index contributed by atoms with van der Waals surface area (Å²) in [6.07, 6.45) is 1.52. The Labute approximate surface area is 105 Å². The van der Waals surface area contributed by atoms with Crippen LogP contribution < -0.4 is 5.73 Å². The summed E-state index contributed by atoms with van der Waals surface area (Å²) in [5.41, 5.74) is 5.93. The minimum atomic E-state index is 0.380. The lowest BCUT2D eigenvalue weighted by molar-refractivity contribution is -0.0436. The number of ether oxygens (including phenoxy) is 1. The summed E-state index contributed by atoms with van der Waals surface area (Å²) in [6, 6.07) is 0.380. The predicted molar refractivity (Wildman–Crippen MR) is 70.1 cm³/mol. The van der Waals surface area contributed by atoms with E-state index in [9.17, 15) is 0 Å². The van der Waals surface area contributed by atoms with Crippen molar-refractivity contribution in [1.29, 1.82) is 0 Å². The van der Waals surface area contributed by atoms with Crippen LogP contribution in [0.1, 0.15) is 20.3 Å². The summed E-state index contributed by atoms with van der Waals surface area (Å²) in [4.78, 5) is 4.99. The van der Waals surface area contributed by atoms with Gasteiger partial charge in [-0.1, -0.05) is 13.8 Å². The summed E-state index contributed by atoms with van der Waals surface area (Å²) in [5.74, 6) is 0.744. The molecule has 2 atom stereocenters. The van der Waals surface area contributed by atoms with Gasteiger partial charge in [0.1, 0.15) is 0 Å². The zero-order valence-electron chi connectivity index (χ0n) is 11.3. The maximum absolute atomic E-state index is 5.93. The third kappa shape index (κ3) is 4.21. The van der Waals surface area contributed by atoms with Crippen molar-refractivity contribution < 1.29 is 4.74 Å². The summed E-state index contributed by atoms with van der Waals surface area (Å²) in [7, 11) is 0. The molecule has 4 nitrogen and oxygen atoms in total. The van der Waals surface area contributed by atoms with Crippen molar-refractivity contribution in [2.45, 2.75) is 32.4 Å². The number of hydrogen-bond donors (Lipinski definition) is 1. The maximum atomic E-state index is 5.93. The van der Waals surface area contributed by atoms with Crippen LogP contribution in [0.3, 0.4) is 0 Å². The average molecular weight is 241 g/mol. The highest BCUT2D eigenvalue weighted by Gasteiger charge is 2.26. The molecule has 0 aromatic rings. The van der Waals surface area contributed by atoms with Gasteiger partial charge in [-0.05, 0) is 18.9 Å². The first-order chi connectivity index (χ1) is 8.13. The number of likely N-dealkylation sites (tertiary alicyclic amines) is 1. The highest BCUT2D eigenvalue weighted by molar-refractivity contribution is 4.82. The van der Waals surface area contributed by atoms with Gasteiger partial charge in [0.2, 0.25) is 0 Å². The molecule has 17 heavy (non-hydrogen) atoms. The van der Waals surface area contributed by atoms with E-state index in [1.807, 2.05) is 0 Å². The monoisotopic (exact) mass is 241 g/mol. The lowest BCUT2D eigenvalue weighted by atomic mass is 10.1. The van der Waals surface area contributed by atoms with Crippen LogP contribution in [0.25, 0.3) is 0 Å². The fraction of sp³-hybridized carbons (Fsp3) is 1.00. The Bertz CT molecular complexity index is 235. The van der Waals surface area contributed by atoms with Gasteiger partial charge in [-0.3, -0.25) is 9.80 Å². The Kier molecular flexibility index (Phi) is 4.79. The van der Waals surface area contributed by atoms with Crippen LogP contribution in [0, 0.1) is 5.92 Å². The molecule has 0 amide bonds. The Hall–Kier alpha value is -0.160. The SMILES string of the molecule is CC(C)CN1CCOC(CN2CC[C@@H](N)C2)C1. The topological polar surface area (TPSA) is 41.7 Å². The molecule has 2 rings (SSSR count). The van der Waals surface area contributed by atoms with Gasteiger partial charge in [0.25, 0.3) is 0 Å². The minimum absolute atomic E-state index is 0.380. The molecule has 2 aliphatic heterocycles. The third-order valence-corrected chi connectivity index (χ3v) is 3.62. The molecule has 2 aliphatic rings. The van der Waals surface area contributed by atoms with Crippen LogP contribution in [-0.4, -0.2) is 67.8 Å². The lowest BCUT2D eigenvalue weighted by Gasteiger charge is -2.35. The third-order valence-electron chi connectivity index (χ3n) is 3.62. The van der Waals surface area contributed by atoms with E-state index in [2.05, 4.69) is 23.6 Å². The van der Waals surface area contributed by atoms with Gasteiger partial charge in [0.15, 0.2) is 0 Å². The molecule has 1 unspecified atom stereocenters. The quantitative estimate of drug-likeness (QED) is 0.772. The van der Waals surface area contributed by atoms with Crippen LogP contribution in [0.5, 0.6) is 0 Å². The van der Waals surface area contributed by atoms with Crippen molar-refractivity contribution in [3.63, 3.8) is 0 Å². The smallest absolute Gasteiger partial charge is 0.0829 e. The first-order valence-corrected chi connectivity index (χ1v) is 6.95. The molecule has 0 radical (unpaired) electrons. The first kappa shape index (κ1) is 13.3. The molecule has 0 bridgehead atoms. The average Bonchev–Trinajstić information content (AvgIpc) is 2.63. The molecule has 2 saturated heterocycles. The second kappa shape index (κ2) is 6.14. The fourth-order valence-electron chi connectivity index (χ4n) is 2.89. The van der Waals surface area contributed by atoms with Crippen molar-refractivity contribution in [3.05, 3.63) is 0 Å². The number of morpholine rings is 1. The molecule has 0 saturated carbocycles. The van der Waals surface area contributed by atoms with E-state index < -0.39 is 0 Å². The Morgan fingerprint density at radius 1 is 1.24 bits per heavy atom. The van der Waals surface area contributed by atoms with Crippen molar-refractivity contribution in [3.8, 4) is 0 Å². The molecule has 2 heterocycles. The van der Waals surface area contributed by atoms with E-state index in [1.165, 1.54) is 6.54 Å². The molecule has 2 fully saturated rings. The molecule has 0 spiro atoms. The largest absolute Gasteiger partial charge is 0.374 e. The Balaban J connectivity index is 1.73. The summed E-state index contributed by atoms with van der Waals surface area (Å²) < 4.78 is 5.86. The van der Waals surface area contributed by atoms with Gasteiger partial charge < -0.3 is 10.5 Å². The van der Waals surface area contributed by atoms with E-state index in [-0.39, 0.29) is 0 Å². The van der Waals surface area contributed by atoms with Gasteiger partial charge >= 0.3 is 0 Å². The van der Waals surface area contributed by atoms with Crippen LogP contribution in [0.2, 0.25) is 0 Å². The van der Waals surface area contributed by atoms with Gasteiger partial charge in [-0.25, -0.2) is 0 Å². The number of nitrogens with zero attached hydrogens (tertiary/aromatic N) is 2. The van der Waals surface area contributed by atoms with Crippen LogP contribution >= 0.6 is 0 Å². The van der Waals surface area contributed by atoms with E-state index in [0.717, 1.165) is 51.7 Å². The normalized spacial score (nSPS) is 32.5. The molecular weight excluding hydrogens is 214 g/mol. The summed E-state index contributed by atoms with van der Waals surface area (Å²) >= 11 is 0. The summed E-state index contributed by atoms with van der Waals surface area (Å²) in [6.45, 7) is 12.1. The van der Waals surface area contributed by atoms with Gasteiger partial charge in [-0.2, -0.15) is 0 Å². The van der Waals surface area contributed by atoms with Gasteiger partial charge in [-0.15, -0.1) is 0 Å². The zero-order valence-corrected chi connectivity index (χ0v) is 11.3. The molecular formula is C13H27N3O. The standard InChI is InChI=1S/C13H27N3O/c1-11(2)7-16-5-6-17-13(10-16)9-15-4-3-12(14)8-15/h11-13H,3-10,14H2,1-2H3/t12-,13?/m1/s1. The number of hydrogen-bond acceptors (Lipinski definition) is 4. The molecule has 100 valence electrons. The molecule has 0 aromatic heterocycles. The van der Waals surface area contributed by atoms with E-state index in [4.69, 9.17) is 10.5 Å². The van der Waals surface area contributed by atoms with Crippen LogP contribution in [0.15, 0.2) is 0 Å². The number of nitrogens with two attached hydrogens (primary N) is 1. The molecule has 2 N–H and O–H groups in total. The predicted octanol–water partition coefficient (Wildman–Crippen LogP) is 0.376. The van der Waals surface area contributed by atoms with Crippen molar-refractivity contribution in [1.82, 2.24) is 9.80 Å². The van der Waals surface area contributed by atoms with Gasteiger partial charge in [0.05, 0.1) is 12.7 Å². The van der Waals surface area contributed by atoms with Crippen molar-refractivity contribution >= 4 is 0 Å². The van der Waals surface area contributed by atoms with E-state index in [1.54, 1.807) is 0 Å². The van der Waals surface area contributed by atoms with Gasteiger partial charge in [0, 0.05) is 38.8 Å². The lowest BCUT2D eigenvalue weighted by Crippen LogP contribution is -2.48. The maximum Gasteiger partial charge on any atom is 0.0829 e. The van der Waals surface area contributed by atoms with E-state index >= 15 is 0 Å². The summed E-state index contributed by atoms with van der Waals surface area (Å²) in [5, 5.41) is 0. The zero-order chi connectivity index (χ0) is 12.3. The molecule has 0 aliphatic carbocycles. The molecule has 4 heteroatoms. The fourth-order valence-corrected chi connectivity index (χ4v) is 2.89. The second-order valence-corrected chi connectivity index (χ2v) is 5.95. The number of rotatable bonds is 4. The van der Waals surface area contributed by atoms with Crippen LogP contribution in [-0.2, 0) is 4.74 Å². The highest BCUT2D eigenvalue weighted by Crippen LogP contribution is 2.13. The Morgan fingerprint density at radius 2 is 2.06 bits per heavy atom.